The zero-order valence-electron chi connectivity index (χ0n) is 10.7. The van der Waals surface area contributed by atoms with Crippen LogP contribution in [0.1, 0.15) is 13.8 Å². The molecule has 19 heavy (non-hydrogen) atoms. The van der Waals surface area contributed by atoms with E-state index in [1.807, 2.05) is 13.8 Å². The average Bonchev–Trinajstić information content (AvgIpc) is 2.29. The minimum atomic E-state index is -4.07. The molecular weight excluding hydrogens is 276 g/mol. The Bertz CT molecular complexity index is 532. The van der Waals surface area contributed by atoms with Gasteiger partial charge in [-0.1, -0.05) is 13.8 Å². The molecule has 2 N–H and O–H groups in total. The molecule has 0 aromatic heterocycles. The maximum absolute atomic E-state index is 13.4. The molecule has 0 fully saturated rings. The summed E-state index contributed by atoms with van der Waals surface area (Å²) < 4.78 is 50.1. The molecular formula is C12H17F2NO3S. The van der Waals surface area contributed by atoms with Crippen LogP contribution in [0.5, 0.6) is 0 Å². The van der Waals surface area contributed by atoms with E-state index >= 15 is 0 Å². The monoisotopic (exact) mass is 293 g/mol. The normalized spacial score (nSPS) is 13.8. The topological polar surface area (TPSA) is 66.4 Å². The molecule has 1 atom stereocenters. The van der Waals surface area contributed by atoms with E-state index in [1.54, 1.807) is 0 Å². The fourth-order valence-electron chi connectivity index (χ4n) is 1.49. The van der Waals surface area contributed by atoms with Crippen molar-refractivity contribution in [1.82, 2.24) is 5.32 Å². The Balaban J connectivity index is 2.83. The van der Waals surface area contributed by atoms with Gasteiger partial charge in [0.15, 0.2) is 9.84 Å². The fourth-order valence-corrected chi connectivity index (χ4v) is 2.95. The van der Waals surface area contributed by atoms with Crippen LogP contribution < -0.4 is 5.32 Å². The lowest BCUT2D eigenvalue weighted by Gasteiger charge is -2.14. The quantitative estimate of drug-likeness (QED) is 0.824. The second-order valence-corrected chi connectivity index (χ2v) is 6.58. The summed E-state index contributed by atoms with van der Waals surface area (Å²) in [5, 5.41) is 12.5. The minimum absolute atomic E-state index is 0.0633. The van der Waals surface area contributed by atoms with Gasteiger partial charge in [-0.05, 0) is 18.2 Å². The molecule has 108 valence electrons. The van der Waals surface area contributed by atoms with Crippen LogP contribution in [0, 0.1) is 11.6 Å². The Morgan fingerprint density at radius 1 is 1.32 bits per heavy atom. The molecule has 0 saturated carbocycles. The molecule has 0 bridgehead atoms. The number of aliphatic hydroxyl groups excluding tert-OH is 1. The van der Waals surface area contributed by atoms with Crippen molar-refractivity contribution in [2.24, 2.45) is 0 Å². The number of hydrogen-bond donors (Lipinski definition) is 2. The molecule has 0 amide bonds. The van der Waals surface area contributed by atoms with Gasteiger partial charge in [-0.3, -0.25) is 0 Å². The highest BCUT2D eigenvalue weighted by molar-refractivity contribution is 7.91. The number of aliphatic hydroxyl groups is 1. The van der Waals surface area contributed by atoms with Gasteiger partial charge in [0.1, 0.15) is 16.5 Å². The summed E-state index contributed by atoms with van der Waals surface area (Å²) >= 11 is 0. The minimum Gasteiger partial charge on any atom is -0.391 e. The average molecular weight is 293 g/mol. The van der Waals surface area contributed by atoms with Crippen molar-refractivity contribution in [3.05, 3.63) is 29.8 Å². The Kier molecular flexibility index (Phi) is 5.39. The van der Waals surface area contributed by atoms with Crippen molar-refractivity contribution in [1.29, 1.82) is 0 Å². The molecule has 0 aliphatic heterocycles. The van der Waals surface area contributed by atoms with Gasteiger partial charge < -0.3 is 10.4 Å². The first-order chi connectivity index (χ1) is 8.72. The molecule has 0 aliphatic rings. The third-order valence-corrected chi connectivity index (χ3v) is 4.21. The highest BCUT2D eigenvalue weighted by Gasteiger charge is 2.23. The van der Waals surface area contributed by atoms with Crippen molar-refractivity contribution in [3.63, 3.8) is 0 Å². The number of benzene rings is 1. The summed E-state index contributed by atoms with van der Waals surface area (Å²) in [4.78, 5) is -0.726. The van der Waals surface area contributed by atoms with Gasteiger partial charge in [-0.25, -0.2) is 17.2 Å². The molecule has 0 heterocycles. The molecule has 1 rings (SSSR count). The zero-order chi connectivity index (χ0) is 14.6. The molecule has 1 aromatic rings. The van der Waals surface area contributed by atoms with E-state index in [0.717, 1.165) is 12.1 Å². The van der Waals surface area contributed by atoms with E-state index < -0.39 is 38.2 Å². The van der Waals surface area contributed by atoms with Crippen LogP contribution in [0.15, 0.2) is 23.1 Å². The van der Waals surface area contributed by atoms with Crippen molar-refractivity contribution in [2.45, 2.75) is 30.9 Å². The van der Waals surface area contributed by atoms with Gasteiger partial charge in [-0.15, -0.1) is 0 Å². The maximum atomic E-state index is 13.4. The Morgan fingerprint density at radius 3 is 2.53 bits per heavy atom. The highest BCUT2D eigenvalue weighted by atomic mass is 32.2. The third kappa shape index (κ3) is 4.85. The largest absolute Gasteiger partial charge is 0.391 e. The van der Waals surface area contributed by atoms with Crippen LogP contribution in [-0.4, -0.2) is 38.0 Å². The molecule has 7 heteroatoms. The van der Waals surface area contributed by atoms with E-state index in [9.17, 15) is 22.3 Å². The summed E-state index contributed by atoms with van der Waals surface area (Å²) in [6.07, 6.45) is -1.19. The fraction of sp³-hybridized carbons (Fsp3) is 0.500. The van der Waals surface area contributed by atoms with E-state index in [2.05, 4.69) is 5.32 Å². The number of rotatable bonds is 6. The third-order valence-electron chi connectivity index (χ3n) is 2.40. The molecule has 0 saturated heterocycles. The van der Waals surface area contributed by atoms with E-state index in [-0.39, 0.29) is 12.6 Å². The second kappa shape index (κ2) is 6.40. The van der Waals surface area contributed by atoms with Crippen LogP contribution in [0.2, 0.25) is 0 Å². The van der Waals surface area contributed by atoms with Crippen LogP contribution >= 0.6 is 0 Å². The van der Waals surface area contributed by atoms with Crippen LogP contribution in [0.3, 0.4) is 0 Å². The Morgan fingerprint density at radius 2 is 1.95 bits per heavy atom. The Hall–Kier alpha value is -1.05. The van der Waals surface area contributed by atoms with E-state index in [1.165, 1.54) is 0 Å². The molecule has 0 spiro atoms. The lowest BCUT2D eigenvalue weighted by molar-refractivity contribution is 0.190. The summed E-state index contributed by atoms with van der Waals surface area (Å²) in [6, 6.07) is 2.29. The summed E-state index contributed by atoms with van der Waals surface area (Å²) in [5.74, 6) is -2.52. The van der Waals surface area contributed by atoms with Crippen molar-refractivity contribution < 1.29 is 22.3 Å². The number of sulfone groups is 1. The van der Waals surface area contributed by atoms with Crippen molar-refractivity contribution in [2.75, 3.05) is 12.3 Å². The molecule has 1 aromatic carbocycles. The lowest BCUT2D eigenvalue weighted by atomic mass is 10.3. The van der Waals surface area contributed by atoms with Gasteiger partial charge in [0.25, 0.3) is 0 Å². The van der Waals surface area contributed by atoms with Gasteiger partial charge >= 0.3 is 0 Å². The van der Waals surface area contributed by atoms with E-state index in [4.69, 9.17) is 0 Å². The first-order valence-electron chi connectivity index (χ1n) is 5.81. The maximum Gasteiger partial charge on any atom is 0.183 e. The van der Waals surface area contributed by atoms with Gasteiger partial charge in [-0.2, -0.15) is 0 Å². The SMILES string of the molecule is CC(C)NCC(O)CS(=O)(=O)c1cc(F)ccc1F. The van der Waals surface area contributed by atoms with E-state index in [0.29, 0.717) is 6.07 Å². The van der Waals surface area contributed by atoms with Crippen LogP contribution in [-0.2, 0) is 9.84 Å². The molecule has 4 nitrogen and oxygen atoms in total. The summed E-state index contributed by atoms with van der Waals surface area (Å²) in [5.41, 5.74) is 0. The number of halogens is 2. The molecule has 0 radical (unpaired) electrons. The van der Waals surface area contributed by atoms with Crippen molar-refractivity contribution in [3.8, 4) is 0 Å². The highest BCUT2D eigenvalue weighted by Crippen LogP contribution is 2.18. The standard InChI is InChI=1S/C12H17F2NO3S/c1-8(2)15-6-10(16)7-19(17,18)12-5-9(13)3-4-11(12)14/h3-5,8,10,15-16H,6-7H2,1-2H3. The first kappa shape index (κ1) is 16.0. The van der Waals surface area contributed by atoms with Gasteiger partial charge in [0, 0.05) is 12.6 Å². The lowest BCUT2D eigenvalue weighted by Crippen LogP contribution is -2.36. The zero-order valence-corrected chi connectivity index (χ0v) is 11.5. The predicted octanol–water partition coefficient (Wildman–Crippen LogP) is 1.10. The number of nitrogens with one attached hydrogen (secondary N) is 1. The molecule has 0 aliphatic carbocycles. The van der Waals surface area contributed by atoms with Crippen molar-refractivity contribution >= 4 is 9.84 Å². The first-order valence-corrected chi connectivity index (χ1v) is 7.47. The summed E-state index contributed by atoms with van der Waals surface area (Å²) in [7, 11) is -4.07. The predicted molar refractivity (Wildman–Crippen MR) is 67.6 cm³/mol. The van der Waals surface area contributed by atoms with Gasteiger partial charge in [0.2, 0.25) is 0 Å². The smallest absolute Gasteiger partial charge is 0.183 e. The van der Waals surface area contributed by atoms with Crippen LogP contribution in [0.25, 0.3) is 0 Å². The second-order valence-electron chi connectivity index (χ2n) is 4.57. The summed E-state index contributed by atoms with van der Waals surface area (Å²) in [6.45, 7) is 3.74. The molecule has 1 unspecified atom stereocenters. The number of hydrogen-bond acceptors (Lipinski definition) is 4. The Labute approximate surface area is 111 Å². The van der Waals surface area contributed by atoms with Crippen LogP contribution in [0.4, 0.5) is 8.78 Å². The van der Waals surface area contributed by atoms with Gasteiger partial charge in [0.05, 0.1) is 11.9 Å².